The Bertz CT molecular complexity index is 1310. The molecule has 172 valence electrons. The third-order valence-electron chi connectivity index (χ3n) is 5.83. The second kappa shape index (κ2) is 8.91. The number of allylic oxidation sites excluding steroid dienone is 1. The van der Waals surface area contributed by atoms with Crippen LogP contribution in [0.2, 0.25) is 0 Å². The minimum absolute atomic E-state index is 0.0662. The minimum atomic E-state index is -0.450. The summed E-state index contributed by atoms with van der Waals surface area (Å²) in [7, 11) is 0. The average Bonchev–Trinajstić information content (AvgIpc) is 3.29. The molecule has 0 aromatic heterocycles. The fourth-order valence-electron chi connectivity index (χ4n) is 4.13. The molecule has 0 saturated heterocycles. The number of hydrogen-bond donors (Lipinski definition) is 1. The Labute approximate surface area is 197 Å². The number of ether oxygens (including phenoxy) is 5. The Kier molecular flexibility index (Phi) is 5.64. The summed E-state index contributed by atoms with van der Waals surface area (Å²) in [6.45, 7) is 4.99. The van der Waals surface area contributed by atoms with E-state index in [0.717, 1.165) is 16.7 Å². The summed E-state index contributed by atoms with van der Waals surface area (Å²) in [6.07, 6.45) is 0. The summed E-state index contributed by atoms with van der Waals surface area (Å²) in [5, 5.41) is 9.89. The Balaban J connectivity index is 1.52. The third kappa shape index (κ3) is 3.95. The van der Waals surface area contributed by atoms with Crippen molar-refractivity contribution in [3.05, 3.63) is 88.3 Å². The maximum absolute atomic E-state index is 9.89. The number of aryl methyl sites for hydroxylation is 1. The lowest BCUT2D eigenvalue weighted by molar-refractivity contribution is 0.174. The Morgan fingerprint density at radius 3 is 2.47 bits per heavy atom. The molecule has 0 saturated carbocycles. The zero-order chi connectivity index (χ0) is 23.7. The lowest BCUT2D eigenvalue weighted by Crippen LogP contribution is -2.21. The van der Waals surface area contributed by atoms with E-state index in [1.54, 1.807) is 6.07 Å². The molecule has 3 aromatic rings. The first-order chi connectivity index (χ1) is 16.6. The van der Waals surface area contributed by atoms with Crippen LogP contribution in [0.5, 0.6) is 28.7 Å². The van der Waals surface area contributed by atoms with Crippen LogP contribution in [0.3, 0.4) is 0 Å². The van der Waals surface area contributed by atoms with Crippen LogP contribution in [0.25, 0.3) is 0 Å². The molecular weight excluding hydrogens is 432 g/mol. The van der Waals surface area contributed by atoms with Gasteiger partial charge in [0.25, 0.3) is 0 Å². The minimum Gasteiger partial charge on any atom is -0.490 e. The Hall–Kier alpha value is -4.31. The van der Waals surface area contributed by atoms with E-state index in [4.69, 9.17) is 29.4 Å². The molecule has 2 aliphatic heterocycles. The number of nitriles is 1. The molecule has 0 bridgehead atoms. The molecule has 0 spiro atoms. The first-order valence-electron chi connectivity index (χ1n) is 11.0. The number of fused-ring (bicyclic) bond motifs is 2. The zero-order valence-corrected chi connectivity index (χ0v) is 19.0. The number of nitrogens with zero attached hydrogens (tertiary/aromatic N) is 1. The molecule has 0 aliphatic carbocycles. The highest BCUT2D eigenvalue weighted by Gasteiger charge is 2.33. The van der Waals surface area contributed by atoms with Crippen molar-refractivity contribution >= 4 is 0 Å². The molecule has 0 amide bonds. The molecule has 7 heteroatoms. The maximum Gasteiger partial charge on any atom is 0.231 e. The van der Waals surface area contributed by atoms with E-state index in [9.17, 15) is 5.26 Å². The van der Waals surface area contributed by atoms with Crippen LogP contribution in [-0.4, -0.2) is 13.4 Å². The summed E-state index contributed by atoms with van der Waals surface area (Å²) in [6, 6.07) is 19.7. The summed E-state index contributed by atoms with van der Waals surface area (Å²) < 4.78 is 28.8. The summed E-state index contributed by atoms with van der Waals surface area (Å²) >= 11 is 0. The molecule has 3 aromatic carbocycles. The van der Waals surface area contributed by atoms with Crippen molar-refractivity contribution in [3.63, 3.8) is 0 Å². The van der Waals surface area contributed by atoms with Gasteiger partial charge < -0.3 is 29.4 Å². The van der Waals surface area contributed by atoms with Crippen LogP contribution in [-0.2, 0) is 6.61 Å². The van der Waals surface area contributed by atoms with Crippen LogP contribution in [0.1, 0.15) is 35.1 Å². The van der Waals surface area contributed by atoms with Gasteiger partial charge in [0.15, 0.2) is 23.0 Å². The molecule has 2 N–H and O–H groups in total. The third-order valence-corrected chi connectivity index (χ3v) is 5.83. The van der Waals surface area contributed by atoms with Gasteiger partial charge in [0, 0.05) is 11.6 Å². The molecular formula is C27H24N2O5. The highest BCUT2D eigenvalue weighted by Crippen LogP contribution is 2.48. The topological polar surface area (TPSA) is 96.0 Å². The lowest BCUT2D eigenvalue weighted by atomic mass is 9.83. The first-order valence-corrected chi connectivity index (χ1v) is 11.0. The van der Waals surface area contributed by atoms with E-state index in [2.05, 4.69) is 25.1 Å². The monoisotopic (exact) mass is 456 g/mol. The second-order valence-corrected chi connectivity index (χ2v) is 8.08. The van der Waals surface area contributed by atoms with Gasteiger partial charge in [-0.15, -0.1) is 0 Å². The normalized spacial score (nSPS) is 15.9. The van der Waals surface area contributed by atoms with Crippen LogP contribution in [0, 0.1) is 18.3 Å². The first kappa shape index (κ1) is 21.5. The molecule has 2 aliphatic rings. The summed E-state index contributed by atoms with van der Waals surface area (Å²) in [5.74, 6) is 2.55. The largest absolute Gasteiger partial charge is 0.490 e. The molecule has 7 nitrogen and oxygen atoms in total. The summed E-state index contributed by atoms with van der Waals surface area (Å²) in [4.78, 5) is 0. The van der Waals surface area contributed by atoms with Gasteiger partial charge in [-0.2, -0.15) is 5.26 Å². The van der Waals surface area contributed by atoms with Gasteiger partial charge in [-0.05, 0) is 43.2 Å². The van der Waals surface area contributed by atoms with E-state index < -0.39 is 5.92 Å². The van der Waals surface area contributed by atoms with Crippen molar-refractivity contribution in [2.75, 3.05) is 13.4 Å². The van der Waals surface area contributed by atoms with Gasteiger partial charge in [-0.1, -0.05) is 35.9 Å². The maximum atomic E-state index is 9.89. The van der Waals surface area contributed by atoms with Crippen LogP contribution < -0.4 is 29.4 Å². The van der Waals surface area contributed by atoms with Gasteiger partial charge >= 0.3 is 0 Å². The van der Waals surface area contributed by atoms with Gasteiger partial charge in [-0.25, -0.2) is 0 Å². The SMILES string of the molecule is CCOc1cc([C@H]2C(C#N)=C(N)Oc3cc4c(cc32)OCO4)ccc1OCc1ccc(C)cc1. The van der Waals surface area contributed by atoms with Crippen molar-refractivity contribution in [3.8, 4) is 34.8 Å². The lowest BCUT2D eigenvalue weighted by Gasteiger charge is -2.27. The van der Waals surface area contributed by atoms with Gasteiger partial charge in [0.05, 0.1) is 12.5 Å². The molecule has 34 heavy (non-hydrogen) atoms. The predicted molar refractivity (Wildman–Crippen MR) is 125 cm³/mol. The fourth-order valence-corrected chi connectivity index (χ4v) is 4.13. The molecule has 2 heterocycles. The smallest absolute Gasteiger partial charge is 0.231 e. The van der Waals surface area contributed by atoms with E-state index >= 15 is 0 Å². The predicted octanol–water partition coefficient (Wildman–Crippen LogP) is 4.92. The van der Waals surface area contributed by atoms with Crippen LogP contribution in [0.4, 0.5) is 0 Å². The van der Waals surface area contributed by atoms with Crippen molar-refractivity contribution in [1.29, 1.82) is 5.26 Å². The zero-order valence-electron chi connectivity index (χ0n) is 19.0. The average molecular weight is 456 g/mol. The van der Waals surface area contributed by atoms with Gasteiger partial charge in [0.1, 0.15) is 24.0 Å². The highest BCUT2D eigenvalue weighted by molar-refractivity contribution is 5.62. The highest BCUT2D eigenvalue weighted by atomic mass is 16.7. The number of rotatable bonds is 6. The van der Waals surface area contributed by atoms with Crippen molar-refractivity contribution in [1.82, 2.24) is 0 Å². The van der Waals surface area contributed by atoms with Crippen molar-refractivity contribution < 1.29 is 23.7 Å². The van der Waals surface area contributed by atoms with Crippen LogP contribution in [0.15, 0.2) is 66.1 Å². The Morgan fingerprint density at radius 2 is 1.74 bits per heavy atom. The summed E-state index contributed by atoms with van der Waals surface area (Å²) in [5.41, 5.74) is 10.3. The molecule has 0 unspecified atom stereocenters. The van der Waals surface area contributed by atoms with E-state index in [-0.39, 0.29) is 12.7 Å². The fraction of sp³-hybridized carbons (Fsp3) is 0.222. The molecule has 0 radical (unpaired) electrons. The van der Waals surface area contributed by atoms with Crippen molar-refractivity contribution in [2.45, 2.75) is 26.4 Å². The molecule has 1 atom stereocenters. The van der Waals surface area contributed by atoms with Crippen molar-refractivity contribution in [2.24, 2.45) is 5.73 Å². The van der Waals surface area contributed by atoms with E-state index in [0.29, 0.717) is 47.5 Å². The van der Waals surface area contributed by atoms with Gasteiger partial charge in [-0.3, -0.25) is 0 Å². The number of hydrogen-bond acceptors (Lipinski definition) is 7. The number of benzene rings is 3. The standard InChI is InChI=1S/C27H24N2O5/c1-3-30-23-10-18(8-9-21(23)31-14-17-6-4-16(2)5-7-17)26-19-11-24-25(33-15-32-24)12-22(19)34-27(29)20(26)13-28/h4-12,26H,3,14-15,29H2,1-2H3/t26-/m1/s1. The number of nitrogens with two attached hydrogens (primary N) is 1. The Morgan fingerprint density at radius 1 is 0.971 bits per heavy atom. The second-order valence-electron chi connectivity index (χ2n) is 8.08. The molecule has 0 fully saturated rings. The van der Waals surface area contributed by atoms with Gasteiger partial charge in [0.2, 0.25) is 12.7 Å². The van der Waals surface area contributed by atoms with Crippen LogP contribution >= 0.6 is 0 Å². The van der Waals surface area contributed by atoms with E-state index in [1.807, 2.05) is 43.3 Å². The van der Waals surface area contributed by atoms with E-state index in [1.165, 1.54) is 5.56 Å². The quantitative estimate of drug-likeness (QED) is 0.562. The molecule has 5 rings (SSSR count).